The first-order valence-corrected chi connectivity index (χ1v) is 10.3. The number of amides is 1. The van der Waals surface area contributed by atoms with Crippen LogP contribution < -0.4 is 5.32 Å². The molecule has 1 heterocycles. The molecule has 1 fully saturated rings. The Bertz CT molecular complexity index is 1240. The predicted octanol–water partition coefficient (Wildman–Crippen LogP) is 5.62. The van der Waals surface area contributed by atoms with Gasteiger partial charge in [0.15, 0.2) is 0 Å². The maximum atomic E-state index is 13.8. The number of alkyl halides is 3. The third kappa shape index (κ3) is 2.46. The molecule has 0 saturated heterocycles. The van der Waals surface area contributed by atoms with Crippen LogP contribution in [0.1, 0.15) is 50.6 Å². The number of hydrogen-bond acceptors (Lipinski definition) is 3. The molecule has 0 aliphatic heterocycles. The van der Waals surface area contributed by atoms with E-state index in [1.165, 1.54) is 12.1 Å². The second-order valence-electron chi connectivity index (χ2n) is 9.30. The number of para-hydroxylation sites is 2. The smallest absolute Gasteiger partial charge is 0.325 e. The molecular formula is C24H22F3N3O. The van der Waals surface area contributed by atoms with Crippen LogP contribution in [0.25, 0.3) is 11.0 Å². The fourth-order valence-corrected chi connectivity index (χ4v) is 5.56. The van der Waals surface area contributed by atoms with Crippen LogP contribution in [0.5, 0.6) is 0 Å². The molecule has 0 radical (unpaired) electrons. The lowest BCUT2D eigenvalue weighted by Gasteiger charge is -2.39. The Hall–Kier alpha value is -2.96. The summed E-state index contributed by atoms with van der Waals surface area (Å²) in [5, 5.41) is 2.77. The Balaban J connectivity index is 1.64. The van der Waals surface area contributed by atoms with Crippen LogP contribution in [0.3, 0.4) is 0 Å². The second kappa shape index (κ2) is 6.05. The zero-order valence-electron chi connectivity index (χ0n) is 17.5. The van der Waals surface area contributed by atoms with E-state index in [-0.39, 0.29) is 17.0 Å². The molecule has 1 amide bonds. The number of carbonyl (C=O) groups is 1. The summed E-state index contributed by atoms with van der Waals surface area (Å²) >= 11 is 0. The lowest BCUT2D eigenvalue weighted by Crippen LogP contribution is -2.48. The molecule has 1 N–H and O–H groups in total. The molecule has 2 aliphatic rings. The number of aromatic nitrogens is 2. The van der Waals surface area contributed by atoms with Gasteiger partial charge in [0, 0.05) is 11.1 Å². The summed E-state index contributed by atoms with van der Waals surface area (Å²) in [5.74, 6) is -0.330. The second-order valence-corrected chi connectivity index (χ2v) is 9.30. The fourth-order valence-electron chi connectivity index (χ4n) is 5.56. The Morgan fingerprint density at radius 1 is 0.935 bits per heavy atom. The van der Waals surface area contributed by atoms with Crippen molar-refractivity contribution in [2.45, 2.75) is 50.6 Å². The zero-order chi connectivity index (χ0) is 22.2. The lowest BCUT2D eigenvalue weighted by atomic mass is 9.63. The van der Waals surface area contributed by atoms with Gasteiger partial charge in [-0.2, -0.15) is 13.2 Å². The standard InChI is InChI=1S/C24H22F3N3O/c1-21(2)22(3)11-12-23(21,19-18(22)29-16-9-4-5-10-17(16)30-19)20(31)28-15-8-6-7-14(13-15)24(25,26)27/h4-10,13H,11-12H2,1-3H3,(H,28,31)/t22-,23-/m0/s1. The van der Waals surface area contributed by atoms with Gasteiger partial charge in [-0.15, -0.1) is 0 Å². The average Bonchev–Trinajstić information content (AvgIpc) is 3.01. The first kappa shape index (κ1) is 20.0. The summed E-state index contributed by atoms with van der Waals surface area (Å²) in [6.07, 6.45) is -3.15. The van der Waals surface area contributed by atoms with Gasteiger partial charge in [-0.1, -0.05) is 39.0 Å². The van der Waals surface area contributed by atoms with E-state index in [9.17, 15) is 18.0 Å². The molecule has 2 atom stereocenters. The molecule has 2 aliphatic carbocycles. The van der Waals surface area contributed by atoms with Crippen LogP contribution in [-0.4, -0.2) is 15.9 Å². The van der Waals surface area contributed by atoms with Gasteiger partial charge in [0.25, 0.3) is 0 Å². The SMILES string of the molecule is CC1(C)[C@@]2(C)CC[C@@]1(C(=O)Nc1cccc(C(F)(F)F)c1)c1nc3ccccc3nc12. The maximum Gasteiger partial charge on any atom is 0.416 e. The molecule has 2 aromatic carbocycles. The van der Waals surface area contributed by atoms with Crippen molar-refractivity contribution in [2.75, 3.05) is 5.32 Å². The van der Waals surface area contributed by atoms with E-state index in [0.717, 1.165) is 29.8 Å². The quantitative estimate of drug-likeness (QED) is 0.580. The molecule has 160 valence electrons. The molecule has 0 unspecified atom stereocenters. The predicted molar refractivity (Wildman–Crippen MR) is 112 cm³/mol. The zero-order valence-corrected chi connectivity index (χ0v) is 17.5. The van der Waals surface area contributed by atoms with E-state index in [1.807, 2.05) is 38.1 Å². The summed E-state index contributed by atoms with van der Waals surface area (Å²) < 4.78 is 39.4. The Morgan fingerprint density at radius 2 is 1.58 bits per heavy atom. The number of anilines is 1. The van der Waals surface area contributed by atoms with Crippen LogP contribution in [0.15, 0.2) is 48.5 Å². The van der Waals surface area contributed by atoms with E-state index >= 15 is 0 Å². The number of halogens is 3. The van der Waals surface area contributed by atoms with Crippen molar-refractivity contribution in [3.8, 4) is 0 Å². The van der Waals surface area contributed by atoms with Gasteiger partial charge in [-0.05, 0) is 48.6 Å². The summed E-state index contributed by atoms with van der Waals surface area (Å²) in [5.41, 5.74) is 0.449. The van der Waals surface area contributed by atoms with Crippen LogP contribution in [0.2, 0.25) is 0 Å². The maximum absolute atomic E-state index is 13.8. The number of fused-ring (bicyclic) bond motifs is 6. The highest BCUT2D eigenvalue weighted by molar-refractivity contribution is 6.02. The van der Waals surface area contributed by atoms with Gasteiger partial charge < -0.3 is 5.32 Å². The minimum Gasteiger partial charge on any atom is -0.325 e. The van der Waals surface area contributed by atoms with Gasteiger partial charge in [-0.25, -0.2) is 9.97 Å². The van der Waals surface area contributed by atoms with Gasteiger partial charge in [0.05, 0.1) is 33.4 Å². The highest BCUT2D eigenvalue weighted by Crippen LogP contribution is 2.70. The minimum absolute atomic E-state index is 0.126. The van der Waals surface area contributed by atoms with Crippen molar-refractivity contribution in [1.29, 1.82) is 0 Å². The molecule has 1 aromatic heterocycles. The Labute approximate surface area is 177 Å². The third-order valence-electron chi connectivity index (χ3n) is 7.78. The first-order valence-electron chi connectivity index (χ1n) is 10.3. The number of benzene rings is 2. The van der Waals surface area contributed by atoms with E-state index in [0.29, 0.717) is 17.6 Å². The highest BCUT2D eigenvalue weighted by atomic mass is 19.4. The molecule has 5 rings (SSSR count). The molecule has 0 spiro atoms. The lowest BCUT2D eigenvalue weighted by molar-refractivity contribution is -0.137. The number of rotatable bonds is 2. The average molecular weight is 425 g/mol. The summed E-state index contributed by atoms with van der Waals surface area (Å²) in [7, 11) is 0. The summed E-state index contributed by atoms with van der Waals surface area (Å²) in [6.45, 7) is 6.20. The van der Waals surface area contributed by atoms with Crippen LogP contribution in [0.4, 0.5) is 18.9 Å². The van der Waals surface area contributed by atoms with E-state index < -0.39 is 22.6 Å². The van der Waals surface area contributed by atoms with Gasteiger partial charge in [0.1, 0.15) is 0 Å². The van der Waals surface area contributed by atoms with E-state index in [1.54, 1.807) is 0 Å². The minimum atomic E-state index is -4.48. The first-order chi connectivity index (χ1) is 14.5. The molecule has 3 aromatic rings. The molecular weight excluding hydrogens is 403 g/mol. The monoisotopic (exact) mass is 425 g/mol. The van der Waals surface area contributed by atoms with Crippen molar-refractivity contribution >= 4 is 22.6 Å². The molecule has 1 saturated carbocycles. The van der Waals surface area contributed by atoms with Gasteiger partial charge in [-0.3, -0.25) is 4.79 Å². The third-order valence-corrected chi connectivity index (χ3v) is 7.78. The molecule has 31 heavy (non-hydrogen) atoms. The number of nitrogens with zero attached hydrogens (tertiary/aromatic N) is 2. The molecule has 7 heteroatoms. The normalized spacial score (nSPS) is 26.1. The number of nitrogens with one attached hydrogen (secondary N) is 1. The van der Waals surface area contributed by atoms with Crippen molar-refractivity contribution in [1.82, 2.24) is 9.97 Å². The van der Waals surface area contributed by atoms with Crippen LogP contribution >= 0.6 is 0 Å². The summed E-state index contributed by atoms with van der Waals surface area (Å²) in [6, 6.07) is 12.3. The molecule has 4 nitrogen and oxygen atoms in total. The Kier molecular flexibility index (Phi) is 3.90. The van der Waals surface area contributed by atoms with Crippen molar-refractivity contribution in [3.05, 3.63) is 65.5 Å². The van der Waals surface area contributed by atoms with Crippen molar-refractivity contribution < 1.29 is 18.0 Å². The number of carbonyl (C=O) groups excluding carboxylic acids is 1. The van der Waals surface area contributed by atoms with Crippen molar-refractivity contribution in [3.63, 3.8) is 0 Å². The van der Waals surface area contributed by atoms with E-state index in [2.05, 4.69) is 12.2 Å². The summed E-state index contributed by atoms with van der Waals surface area (Å²) in [4.78, 5) is 23.5. The molecule has 2 bridgehead atoms. The topological polar surface area (TPSA) is 54.9 Å². The van der Waals surface area contributed by atoms with Gasteiger partial charge in [0.2, 0.25) is 5.91 Å². The highest BCUT2D eigenvalue weighted by Gasteiger charge is 2.73. The van der Waals surface area contributed by atoms with Crippen LogP contribution in [0, 0.1) is 5.41 Å². The van der Waals surface area contributed by atoms with E-state index in [4.69, 9.17) is 9.97 Å². The van der Waals surface area contributed by atoms with Crippen molar-refractivity contribution in [2.24, 2.45) is 5.41 Å². The fraction of sp³-hybridized carbons (Fsp3) is 0.375. The number of hydrogen-bond donors (Lipinski definition) is 1. The Morgan fingerprint density at radius 3 is 2.23 bits per heavy atom. The van der Waals surface area contributed by atoms with Gasteiger partial charge >= 0.3 is 6.18 Å². The van der Waals surface area contributed by atoms with Crippen LogP contribution in [-0.2, 0) is 21.8 Å². The largest absolute Gasteiger partial charge is 0.416 e.